The number of oxazole rings is 1. The summed E-state index contributed by atoms with van der Waals surface area (Å²) in [5.41, 5.74) is 0. The van der Waals surface area contributed by atoms with E-state index in [0.29, 0.717) is 11.8 Å². The van der Waals surface area contributed by atoms with E-state index in [4.69, 9.17) is 4.42 Å². The molecule has 4 heteroatoms. The third-order valence-electron chi connectivity index (χ3n) is 2.60. The Bertz CT molecular complexity index is 289. The van der Waals surface area contributed by atoms with Crippen molar-refractivity contribution in [1.29, 1.82) is 0 Å². The summed E-state index contributed by atoms with van der Waals surface area (Å²) in [7, 11) is 0. The number of rotatable bonds is 2. The summed E-state index contributed by atoms with van der Waals surface area (Å²) >= 11 is 0. The zero-order valence-electron chi connectivity index (χ0n) is 8.03. The van der Waals surface area contributed by atoms with Gasteiger partial charge in [0.05, 0.1) is 6.20 Å². The van der Waals surface area contributed by atoms with E-state index >= 15 is 0 Å². The quantitative estimate of drug-likeness (QED) is 0.780. The smallest absolute Gasteiger partial charge is 0.288 e. The minimum absolute atomic E-state index is 0.144. The highest BCUT2D eigenvalue weighted by Crippen LogP contribution is 2.17. The molecule has 1 aliphatic carbocycles. The van der Waals surface area contributed by atoms with Gasteiger partial charge in [-0.2, -0.15) is 0 Å². The van der Waals surface area contributed by atoms with Crippen molar-refractivity contribution in [3.63, 3.8) is 0 Å². The molecule has 0 bridgehead atoms. The number of nitrogens with one attached hydrogen (secondary N) is 1. The lowest BCUT2D eigenvalue weighted by Crippen LogP contribution is -2.35. The molecule has 4 nitrogen and oxygen atoms in total. The third kappa shape index (κ3) is 2.13. The maximum Gasteiger partial charge on any atom is 0.288 e. The second-order valence-electron chi connectivity index (χ2n) is 3.67. The molecule has 14 heavy (non-hydrogen) atoms. The van der Waals surface area contributed by atoms with Gasteiger partial charge >= 0.3 is 0 Å². The highest BCUT2D eigenvalue weighted by molar-refractivity contribution is 5.91. The lowest BCUT2D eigenvalue weighted by Gasteiger charge is -2.21. The number of carbonyl (C=O) groups excluding carboxylic acids is 1. The number of aromatic nitrogens is 1. The first kappa shape index (κ1) is 9.24. The Morgan fingerprint density at radius 1 is 1.43 bits per heavy atom. The zero-order chi connectivity index (χ0) is 9.80. The molecule has 1 aromatic rings. The predicted octanol–water partition coefficient (Wildman–Crippen LogP) is 1.74. The Morgan fingerprint density at radius 2 is 2.21 bits per heavy atom. The van der Waals surface area contributed by atoms with E-state index < -0.39 is 0 Å². The Balaban J connectivity index is 1.87. The van der Waals surface area contributed by atoms with Crippen LogP contribution in [0.1, 0.15) is 42.7 Å². The summed E-state index contributed by atoms with van der Waals surface area (Å²) < 4.78 is 4.91. The van der Waals surface area contributed by atoms with Crippen LogP contribution in [0, 0.1) is 0 Å². The monoisotopic (exact) mass is 194 g/mol. The van der Waals surface area contributed by atoms with Crippen LogP contribution < -0.4 is 5.32 Å². The van der Waals surface area contributed by atoms with Gasteiger partial charge in [0.25, 0.3) is 5.91 Å². The second kappa shape index (κ2) is 4.26. The van der Waals surface area contributed by atoms with Crippen molar-refractivity contribution >= 4 is 5.91 Å². The summed E-state index contributed by atoms with van der Waals surface area (Å²) in [6.45, 7) is 0. The Labute approximate surface area is 82.7 Å². The van der Waals surface area contributed by atoms with E-state index in [1.807, 2.05) is 0 Å². The minimum Gasteiger partial charge on any atom is -0.438 e. The fourth-order valence-corrected chi connectivity index (χ4v) is 1.83. The van der Waals surface area contributed by atoms with Gasteiger partial charge in [-0.1, -0.05) is 19.3 Å². The molecule has 1 fully saturated rings. The topological polar surface area (TPSA) is 55.1 Å². The first-order chi connectivity index (χ1) is 6.86. The molecule has 1 amide bonds. The van der Waals surface area contributed by atoms with Crippen LogP contribution in [0.2, 0.25) is 0 Å². The lowest BCUT2D eigenvalue weighted by atomic mass is 9.95. The normalized spacial score (nSPS) is 18.0. The fourth-order valence-electron chi connectivity index (χ4n) is 1.83. The van der Waals surface area contributed by atoms with Crippen LogP contribution in [-0.4, -0.2) is 16.9 Å². The number of carbonyl (C=O) groups is 1. The molecular formula is C10H14N2O2. The highest BCUT2D eigenvalue weighted by atomic mass is 16.3. The molecule has 0 unspecified atom stereocenters. The standard InChI is InChI=1S/C10H14N2O2/c13-10(9-6-11-7-14-9)12-8-4-2-1-3-5-8/h6-8H,1-5H2,(H,12,13). The Kier molecular flexibility index (Phi) is 2.81. The number of hydrogen-bond acceptors (Lipinski definition) is 3. The van der Waals surface area contributed by atoms with Crippen LogP contribution in [0.25, 0.3) is 0 Å². The van der Waals surface area contributed by atoms with Crippen LogP contribution in [0.15, 0.2) is 17.0 Å². The molecule has 1 aromatic heterocycles. The average molecular weight is 194 g/mol. The molecule has 0 spiro atoms. The van der Waals surface area contributed by atoms with Gasteiger partial charge in [-0.25, -0.2) is 4.98 Å². The largest absolute Gasteiger partial charge is 0.438 e. The summed E-state index contributed by atoms with van der Waals surface area (Å²) in [5, 5.41) is 2.95. The molecule has 1 saturated carbocycles. The predicted molar refractivity (Wildman–Crippen MR) is 50.8 cm³/mol. The molecule has 76 valence electrons. The van der Waals surface area contributed by atoms with Crippen LogP contribution >= 0.6 is 0 Å². The SMILES string of the molecule is O=C(NC1CCCCC1)c1cnco1. The van der Waals surface area contributed by atoms with E-state index in [0.717, 1.165) is 12.8 Å². The lowest BCUT2D eigenvalue weighted by molar-refractivity contribution is 0.0899. The van der Waals surface area contributed by atoms with Gasteiger partial charge in [-0.05, 0) is 12.8 Å². The van der Waals surface area contributed by atoms with Crippen LogP contribution in [0.3, 0.4) is 0 Å². The van der Waals surface area contributed by atoms with E-state index in [-0.39, 0.29) is 5.91 Å². The summed E-state index contributed by atoms with van der Waals surface area (Å²) in [5.74, 6) is 0.157. The molecule has 1 heterocycles. The van der Waals surface area contributed by atoms with Gasteiger partial charge in [-0.15, -0.1) is 0 Å². The van der Waals surface area contributed by atoms with E-state index in [1.54, 1.807) is 0 Å². The summed E-state index contributed by atoms with van der Waals surface area (Å²) in [6.07, 6.45) is 8.59. The minimum atomic E-state index is -0.144. The molecule has 2 rings (SSSR count). The van der Waals surface area contributed by atoms with E-state index in [9.17, 15) is 4.79 Å². The van der Waals surface area contributed by atoms with Gasteiger partial charge in [0.2, 0.25) is 5.76 Å². The van der Waals surface area contributed by atoms with E-state index in [2.05, 4.69) is 10.3 Å². The molecule has 0 radical (unpaired) electrons. The van der Waals surface area contributed by atoms with Crippen molar-refractivity contribution in [1.82, 2.24) is 10.3 Å². The Morgan fingerprint density at radius 3 is 2.86 bits per heavy atom. The zero-order valence-corrected chi connectivity index (χ0v) is 8.03. The number of nitrogens with zero attached hydrogens (tertiary/aromatic N) is 1. The first-order valence-corrected chi connectivity index (χ1v) is 5.05. The van der Waals surface area contributed by atoms with Gasteiger partial charge in [0.1, 0.15) is 0 Å². The van der Waals surface area contributed by atoms with Crippen LogP contribution in [-0.2, 0) is 0 Å². The van der Waals surface area contributed by atoms with Crippen molar-refractivity contribution < 1.29 is 9.21 Å². The van der Waals surface area contributed by atoms with Gasteiger partial charge < -0.3 is 9.73 Å². The van der Waals surface area contributed by atoms with Gasteiger partial charge in [-0.3, -0.25) is 4.79 Å². The molecule has 1 aliphatic rings. The van der Waals surface area contributed by atoms with Gasteiger partial charge in [0, 0.05) is 6.04 Å². The maximum atomic E-state index is 11.5. The van der Waals surface area contributed by atoms with Crippen molar-refractivity contribution in [2.24, 2.45) is 0 Å². The van der Waals surface area contributed by atoms with Crippen molar-refractivity contribution in [2.75, 3.05) is 0 Å². The molecule has 0 aromatic carbocycles. The van der Waals surface area contributed by atoms with Crippen molar-refractivity contribution in [3.05, 3.63) is 18.4 Å². The molecular weight excluding hydrogens is 180 g/mol. The maximum absolute atomic E-state index is 11.5. The molecule has 0 aliphatic heterocycles. The fraction of sp³-hybridized carbons (Fsp3) is 0.600. The Hall–Kier alpha value is -1.32. The summed E-state index contributed by atoms with van der Waals surface area (Å²) in [6, 6.07) is 0.321. The third-order valence-corrected chi connectivity index (χ3v) is 2.60. The van der Waals surface area contributed by atoms with Gasteiger partial charge in [0.15, 0.2) is 6.39 Å². The molecule has 0 saturated heterocycles. The van der Waals surface area contributed by atoms with Crippen molar-refractivity contribution in [2.45, 2.75) is 38.1 Å². The number of hydrogen-bond donors (Lipinski definition) is 1. The van der Waals surface area contributed by atoms with Crippen molar-refractivity contribution in [3.8, 4) is 0 Å². The molecule has 1 N–H and O–H groups in total. The first-order valence-electron chi connectivity index (χ1n) is 5.05. The van der Waals surface area contributed by atoms with Crippen LogP contribution in [0.5, 0.6) is 0 Å². The molecule has 0 atom stereocenters. The van der Waals surface area contributed by atoms with E-state index in [1.165, 1.54) is 31.9 Å². The second-order valence-corrected chi connectivity index (χ2v) is 3.67. The number of amides is 1. The van der Waals surface area contributed by atoms with Crippen LogP contribution in [0.4, 0.5) is 0 Å². The average Bonchev–Trinajstić information content (AvgIpc) is 2.72. The summed E-state index contributed by atoms with van der Waals surface area (Å²) in [4.78, 5) is 15.2. The highest BCUT2D eigenvalue weighted by Gasteiger charge is 2.17.